The zero-order valence-electron chi connectivity index (χ0n) is 3.24. The van der Waals surface area contributed by atoms with Crippen molar-refractivity contribution in [3.05, 3.63) is 0 Å². The first-order chi connectivity index (χ1) is 0. The Hall–Kier alpha value is 5.49. The second-order valence-corrected chi connectivity index (χ2v) is 0. The van der Waals surface area contributed by atoms with Crippen molar-refractivity contribution in [2.75, 3.05) is 0 Å². The quantitative estimate of drug-likeness (QED) is 0.345. The van der Waals surface area contributed by atoms with Crippen LogP contribution < -0.4 is 0 Å². The predicted octanol–water partition coefficient (Wildman–Crippen LogP) is -0.0200. The van der Waals surface area contributed by atoms with E-state index in [0.29, 0.717) is 0 Å². The molecule has 0 rings (SSSR count). The average Bonchev–Trinajstić information content (AvgIpc) is 0. The van der Waals surface area contributed by atoms with Crippen molar-refractivity contribution < 1.29 is 177 Å². The minimum atomic E-state index is 0. The van der Waals surface area contributed by atoms with Gasteiger partial charge in [-0.3, -0.25) is 0 Å². The molecule has 0 aromatic heterocycles. The monoisotopic (exact) mass is 599 g/mol. The van der Waals surface area contributed by atoms with E-state index in [1.807, 2.05) is 0 Å². The summed E-state index contributed by atoms with van der Waals surface area (Å²) in [7, 11) is 0. The molecule has 0 unspecified atom stereocenters. The average molecular weight is 597 g/mol. The topological polar surface area (TPSA) is 0 Å². The summed E-state index contributed by atoms with van der Waals surface area (Å²) in [5.41, 5.74) is 0. The molecule has 0 aromatic carbocycles. The van der Waals surface area contributed by atoms with Gasteiger partial charge in [-0.1, -0.05) is 0 Å². The number of hydrogen-bond acceptors (Lipinski definition) is 0. The third-order valence-corrected chi connectivity index (χ3v) is 0. The fourth-order valence-electron chi connectivity index (χ4n) is 0. The van der Waals surface area contributed by atoms with Crippen molar-refractivity contribution in [1.29, 1.82) is 0 Å². The Balaban J connectivity index is 0. The predicted molar refractivity (Wildman–Crippen MR) is 0 cm³/mol. The molecule has 70 valence electrons. The van der Waals surface area contributed by atoms with Crippen LogP contribution in [0.25, 0.3) is 0 Å². The van der Waals surface area contributed by atoms with Gasteiger partial charge in [0.15, 0.2) is 0 Å². The summed E-state index contributed by atoms with van der Waals surface area (Å²) in [5, 5.41) is 0. The first-order valence-electron chi connectivity index (χ1n) is 0. The largest absolute Gasteiger partial charge is 0 e. The molecule has 9 heteroatoms. The summed E-state index contributed by atoms with van der Waals surface area (Å²) in [4.78, 5) is 0. The van der Waals surface area contributed by atoms with Crippen LogP contribution in [-0.2, 0) is 137 Å². The van der Waals surface area contributed by atoms with E-state index in [1.165, 1.54) is 0 Å². The second kappa shape index (κ2) is 69.8. The minimum Gasteiger partial charge on any atom is 0 e. The van der Waals surface area contributed by atoms with Crippen LogP contribution in [0.15, 0.2) is 0 Å². The summed E-state index contributed by atoms with van der Waals surface area (Å²) in [6.45, 7) is 0. The fourth-order valence-corrected chi connectivity index (χ4v) is 0. The van der Waals surface area contributed by atoms with Gasteiger partial charge in [0, 0.05) is 177 Å². The molecular weight excluding hydrogens is 597 g/mol. The van der Waals surface area contributed by atoms with Crippen molar-refractivity contribution in [3.63, 3.8) is 0 Å². The van der Waals surface area contributed by atoms with Crippen molar-refractivity contribution in [1.82, 2.24) is 0 Å². The van der Waals surface area contributed by atoms with Gasteiger partial charge in [0.25, 0.3) is 0 Å². The van der Waals surface area contributed by atoms with Crippen LogP contribution in [0.1, 0.15) is 0 Å². The van der Waals surface area contributed by atoms with Gasteiger partial charge in [0.05, 0.1) is 0 Å². The molecule has 0 aliphatic carbocycles. The summed E-state index contributed by atoms with van der Waals surface area (Å²) in [5.74, 6) is 0. The molecule has 0 saturated heterocycles. The van der Waals surface area contributed by atoms with Crippen molar-refractivity contribution in [2.45, 2.75) is 0 Å². The third kappa shape index (κ3) is 59.1. The Kier molecular flexibility index (Phi) is 678. The van der Waals surface area contributed by atoms with Gasteiger partial charge >= 0.3 is 0 Å². The molecule has 9 heavy (non-hydrogen) atoms. The van der Waals surface area contributed by atoms with Crippen molar-refractivity contribution >= 4 is 0 Å². The van der Waals surface area contributed by atoms with Crippen LogP contribution in [0, 0.1) is 40.4 Å². The molecule has 0 bridgehead atoms. The van der Waals surface area contributed by atoms with Crippen LogP contribution in [-0.4, -0.2) is 0 Å². The normalized spacial score (nSPS) is 0. The molecule has 0 heterocycles. The molecule has 0 aliphatic rings. The van der Waals surface area contributed by atoms with E-state index in [-0.39, 0.29) is 177 Å². The Morgan fingerprint density at radius 1 is 0.222 bits per heavy atom. The van der Waals surface area contributed by atoms with E-state index >= 15 is 0 Å². The Labute approximate surface area is 173 Å². The van der Waals surface area contributed by atoms with Crippen LogP contribution in [0.2, 0.25) is 0 Å². The minimum absolute atomic E-state index is 0. The Bertz CT molecular complexity index is 4.53. The molecule has 0 radical (unpaired) electrons. The molecule has 0 amide bonds. The molecule has 0 fully saturated rings. The Morgan fingerprint density at radius 2 is 0.222 bits per heavy atom. The van der Waals surface area contributed by atoms with E-state index in [1.54, 1.807) is 0 Å². The summed E-state index contributed by atoms with van der Waals surface area (Å²) in [6, 6.07) is 0. The molecule has 0 aliphatic heterocycles. The van der Waals surface area contributed by atoms with Gasteiger partial charge in [0.2, 0.25) is 0 Å². The maximum Gasteiger partial charge on any atom is 0 e. The molecular formula is Fe8Sm. The fraction of sp³-hybridized carbons (Fsp3) is 0. The maximum atomic E-state index is 0. The zero-order valence-corrected chi connectivity index (χ0v) is 14.7. The second-order valence-electron chi connectivity index (χ2n) is 0. The van der Waals surface area contributed by atoms with Crippen molar-refractivity contribution in [3.8, 4) is 0 Å². The third-order valence-electron chi connectivity index (χ3n) is 0. The van der Waals surface area contributed by atoms with Crippen LogP contribution in [0.5, 0.6) is 0 Å². The molecule has 0 spiro atoms. The molecule has 0 aromatic rings. The van der Waals surface area contributed by atoms with Gasteiger partial charge < -0.3 is 0 Å². The van der Waals surface area contributed by atoms with Gasteiger partial charge in [-0.2, -0.15) is 0 Å². The van der Waals surface area contributed by atoms with Crippen molar-refractivity contribution in [2.24, 2.45) is 0 Å². The van der Waals surface area contributed by atoms with E-state index in [2.05, 4.69) is 0 Å². The van der Waals surface area contributed by atoms with Crippen LogP contribution >= 0.6 is 0 Å². The van der Waals surface area contributed by atoms with Gasteiger partial charge in [-0.05, 0) is 0 Å². The smallest absolute Gasteiger partial charge is 0 e. The Morgan fingerprint density at radius 3 is 0.222 bits per heavy atom. The summed E-state index contributed by atoms with van der Waals surface area (Å²) in [6.07, 6.45) is 0. The molecule has 0 nitrogen and oxygen atoms in total. The SMILES string of the molecule is [Fe].[Fe].[Fe].[Fe].[Fe].[Fe].[Fe].[Fe].[Sm]. The first kappa shape index (κ1) is 87.4. The van der Waals surface area contributed by atoms with E-state index in [9.17, 15) is 0 Å². The molecule has 0 saturated carbocycles. The van der Waals surface area contributed by atoms with E-state index in [0.717, 1.165) is 0 Å². The van der Waals surface area contributed by atoms with E-state index < -0.39 is 0 Å². The van der Waals surface area contributed by atoms with Crippen LogP contribution in [0.3, 0.4) is 0 Å². The summed E-state index contributed by atoms with van der Waals surface area (Å²) < 4.78 is 0. The van der Waals surface area contributed by atoms with Crippen LogP contribution in [0.4, 0.5) is 0 Å². The number of rotatable bonds is 0. The standard InChI is InChI=1S/8Fe.Sm. The summed E-state index contributed by atoms with van der Waals surface area (Å²) >= 11 is 0. The molecule has 0 atom stereocenters. The molecule has 0 N–H and O–H groups in total. The maximum absolute atomic E-state index is 0. The zero-order chi connectivity index (χ0) is 0. The first-order valence-corrected chi connectivity index (χ1v) is 0. The number of hydrogen-bond donors (Lipinski definition) is 0. The van der Waals surface area contributed by atoms with Gasteiger partial charge in [0.1, 0.15) is 0 Å². The van der Waals surface area contributed by atoms with Gasteiger partial charge in [-0.15, -0.1) is 0 Å². The van der Waals surface area contributed by atoms with Gasteiger partial charge in [-0.25, -0.2) is 0 Å². The van der Waals surface area contributed by atoms with E-state index in [4.69, 9.17) is 0 Å².